The van der Waals surface area contributed by atoms with Crippen LogP contribution in [0.15, 0.2) is 54.7 Å². The van der Waals surface area contributed by atoms with Crippen molar-refractivity contribution >= 4 is 0 Å². The van der Waals surface area contributed by atoms with Crippen molar-refractivity contribution in [3.8, 4) is 22.6 Å². The largest absolute Gasteiger partial charge is 0.491 e. The van der Waals surface area contributed by atoms with E-state index in [0.29, 0.717) is 5.92 Å². The van der Waals surface area contributed by atoms with Gasteiger partial charge >= 0.3 is 0 Å². The lowest BCUT2D eigenvalue weighted by atomic mass is 9.90. The molecule has 0 N–H and O–H groups in total. The molecule has 3 nitrogen and oxygen atoms in total. The van der Waals surface area contributed by atoms with Crippen molar-refractivity contribution in [2.75, 3.05) is 0 Å². The van der Waals surface area contributed by atoms with Gasteiger partial charge in [-0.25, -0.2) is 4.68 Å². The highest BCUT2D eigenvalue weighted by Crippen LogP contribution is 2.33. The summed E-state index contributed by atoms with van der Waals surface area (Å²) in [5.41, 5.74) is 5.91. The number of ether oxygens (including phenoxy) is 1. The highest BCUT2D eigenvalue weighted by molar-refractivity contribution is 5.69. The Morgan fingerprint density at radius 2 is 1.70 bits per heavy atom. The molecule has 0 spiro atoms. The molecule has 0 aliphatic rings. The van der Waals surface area contributed by atoms with Crippen molar-refractivity contribution in [2.24, 2.45) is 0 Å². The highest BCUT2D eigenvalue weighted by Gasteiger charge is 2.15. The minimum absolute atomic E-state index is 0.167. The van der Waals surface area contributed by atoms with Crippen LogP contribution < -0.4 is 4.74 Å². The molecule has 0 bridgehead atoms. The molecule has 142 valence electrons. The van der Waals surface area contributed by atoms with E-state index in [1.807, 2.05) is 17.7 Å². The van der Waals surface area contributed by atoms with Crippen LogP contribution in [0.2, 0.25) is 0 Å². The first-order valence-electron chi connectivity index (χ1n) is 9.95. The second kappa shape index (κ2) is 8.43. The molecule has 3 aromatic rings. The third-order valence-electron chi connectivity index (χ3n) is 4.96. The summed E-state index contributed by atoms with van der Waals surface area (Å²) in [7, 11) is 0. The molecule has 0 saturated heterocycles. The number of nitrogens with zero attached hydrogens (tertiary/aromatic N) is 2. The maximum atomic E-state index is 5.87. The Labute approximate surface area is 163 Å². The third kappa shape index (κ3) is 4.41. The van der Waals surface area contributed by atoms with E-state index >= 15 is 0 Å². The zero-order valence-corrected chi connectivity index (χ0v) is 17.1. The topological polar surface area (TPSA) is 27.1 Å². The lowest BCUT2D eigenvalue weighted by molar-refractivity contribution is 0.242. The zero-order valence-electron chi connectivity index (χ0n) is 17.1. The van der Waals surface area contributed by atoms with Gasteiger partial charge in [0.15, 0.2) is 0 Å². The minimum Gasteiger partial charge on any atom is -0.491 e. The molecular weight excluding hydrogens is 332 g/mol. The van der Waals surface area contributed by atoms with E-state index in [1.165, 1.54) is 16.8 Å². The lowest BCUT2D eigenvalue weighted by Gasteiger charge is -2.19. The number of benzene rings is 2. The summed E-state index contributed by atoms with van der Waals surface area (Å²) in [5.74, 6) is 1.44. The van der Waals surface area contributed by atoms with Gasteiger partial charge in [0.2, 0.25) is 0 Å². The molecule has 0 aliphatic carbocycles. The van der Waals surface area contributed by atoms with Crippen LogP contribution in [0.4, 0.5) is 0 Å². The number of rotatable bonds is 7. The molecule has 1 heterocycles. The Kier molecular flexibility index (Phi) is 6.00. The molecule has 1 aromatic heterocycles. The fraction of sp³-hybridized carbons (Fsp3) is 0.375. The quantitative estimate of drug-likeness (QED) is 0.477. The fourth-order valence-electron chi connectivity index (χ4n) is 3.57. The van der Waals surface area contributed by atoms with Crippen LogP contribution in [-0.4, -0.2) is 15.9 Å². The van der Waals surface area contributed by atoms with Gasteiger partial charge in [-0.1, -0.05) is 38.1 Å². The molecule has 27 heavy (non-hydrogen) atoms. The van der Waals surface area contributed by atoms with E-state index in [2.05, 4.69) is 81.5 Å². The van der Waals surface area contributed by atoms with Crippen molar-refractivity contribution in [3.63, 3.8) is 0 Å². The van der Waals surface area contributed by atoms with Crippen LogP contribution >= 0.6 is 0 Å². The van der Waals surface area contributed by atoms with Crippen LogP contribution in [0.25, 0.3) is 16.8 Å². The van der Waals surface area contributed by atoms with Crippen LogP contribution in [0, 0.1) is 6.92 Å². The Hall–Kier alpha value is -2.55. The molecule has 0 unspecified atom stereocenters. The van der Waals surface area contributed by atoms with Crippen LogP contribution in [0.5, 0.6) is 5.75 Å². The zero-order chi connectivity index (χ0) is 19.4. The maximum absolute atomic E-state index is 5.87. The van der Waals surface area contributed by atoms with Gasteiger partial charge in [0.05, 0.1) is 17.5 Å². The van der Waals surface area contributed by atoms with Crippen molar-refractivity contribution in [3.05, 3.63) is 66.0 Å². The average molecular weight is 363 g/mol. The Morgan fingerprint density at radius 3 is 2.33 bits per heavy atom. The van der Waals surface area contributed by atoms with Gasteiger partial charge in [-0.15, -0.1) is 0 Å². The standard InChI is InChI=1S/C24H30N2O/c1-6-19(7-2)23-12-11-21(16-24(23)26-14-13-18(5)25-26)20-9-8-10-22(15-20)27-17(3)4/h8-17,19H,6-7H2,1-5H3. The number of aryl methyl sites for hydroxylation is 1. The summed E-state index contributed by atoms with van der Waals surface area (Å²) < 4.78 is 7.89. The molecule has 0 atom stereocenters. The van der Waals surface area contributed by atoms with Crippen molar-refractivity contribution in [1.82, 2.24) is 9.78 Å². The Bertz CT molecular complexity index is 891. The van der Waals surface area contributed by atoms with Gasteiger partial charge in [-0.05, 0) is 80.5 Å². The summed E-state index contributed by atoms with van der Waals surface area (Å²) in [4.78, 5) is 0. The third-order valence-corrected chi connectivity index (χ3v) is 4.96. The predicted molar refractivity (Wildman–Crippen MR) is 113 cm³/mol. The van der Waals surface area contributed by atoms with E-state index < -0.39 is 0 Å². The van der Waals surface area contributed by atoms with Gasteiger partial charge in [0.1, 0.15) is 5.75 Å². The van der Waals surface area contributed by atoms with Gasteiger partial charge in [0.25, 0.3) is 0 Å². The minimum atomic E-state index is 0.167. The molecule has 0 radical (unpaired) electrons. The number of aromatic nitrogens is 2. The van der Waals surface area contributed by atoms with Crippen molar-refractivity contribution in [1.29, 1.82) is 0 Å². The van der Waals surface area contributed by atoms with Gasteiger partial charge < -0.3 is 4.74 Å². The van der Waals surface area contributed by atoms with Crippen LogP contribution in [0.1, 0.15) is 57.7 Å². The predicted octanol–water partition coefficient (Wildman–Crippen LogP) is 6.54. The lowest BCUT2D eigenvalue weighted by Crippen LogP contribution is -2.06. The molecular formula is C24H30N2O. The highest BCUT2D eigenvalue weighted by atomic mass is 16.5. The smallest absolute Gasteiger partial charge is 0.120 e. The number of hydrogen-bond donors (Lipinski definition) is 0. The van der Waals surface area contributed by atoms with E-state index in [1.54, 1.807) is 0 Å². The SMILES string of the molecule is CCC(CC)c1ccc(-c2cccc(OC(C)C)c2)cc1-n1ccc(C)n1. The molecule has 0 aliphatic heterocycles. The van der Waals surface area contributed by atoms with E-state index in [0.717, 1.165) is 29.8 Å². The van der Waals surface area contributed by atoms with Gasteiger partial charge in [-0.2, -0.15) is 5.10 Å². The van der Waals surface area contributed by atoms with Crippen molar-refractivity contribution in [2.45, 2.75) is 59.5 Å². The van der Waals surface area contributed by atoms with Crippen LogP contribution in [0.3, 0.4) is 0 Å². The first kappa shape index (κ1) is 19.2. The summed E-state index contributed by atoms with van der Waals surface area (Å²) in [6.07, 6.45) is 4.47. The molecule has 0 fully saturated rings. The number of hydrogen-bond acceptors (Lipinski definition) is 2. The first-order valence-corrected chi connectivity index (χ1v) is 9.95. The maximum Gasteiger partial charge on any atom is 0.120 e. The van der Waals surface area contributed by atoms with Crippen LogP contribution in [-0.2, 0) is 0 Å². The average Bonchev–Trinajstić information content (AvgIpc) is 3.09. The van der Waals surface area contributed by atoms with Gasteiger partial charge in [0, 0.05) is 6.20 Å². The summed E-state index contributed by atoms with van der Waals surface area (Å²) in [6.45, 7) is 10.6. The Morgan fingerprint density at radius 1 is 0.963 bits per heavy atom. The summed E-state index contributed by atoms with van der Waals surface area (Å²) >= 11 is 0. The fourth-order valence-corrected chi connectivity index (χ4v) is 3.57. The van der Waals surface area contributed by atoms with Crippen molar-refractivity contribution < 1.29 is 4.74 Å². The first-order chi connectivity index (χ1) is 13.0. The molecule has 3 heteroatoms. The summed E-state index contributed by atoms with van der Waals surface area (Å²) in [5, 5.41) is 4.68. The molecule has 3 rings (SSSR count). The molecule has 0 amide bonds. The van der Waals surface area contributed by atoms with Gasteiger partial charge in [-0.3, -0.25) is 0 Å². The van der Waals surface area contributed by atoms with E-state index in [4.69, 9.17) is 4.74 Å². The molecule has 2 aromatic carbocycles. The monoisotopic (exact) mass is 362 g/mol. The van der Waals surface area contributed by atoms with E-state index in [9.17, 15) is 0 Å². The second-order valence-electron chi connectivity index (χ2n) is 7.38. The molecule has 0 saturated carbocycles. The second-order valence-corrected chi connectivity index (χ2v) is 7.38. The summed E-state index contributed by atoms with van der Waals surface area (Å²) in [6, 6.07) is 17.1. The van der Waals surface area contributed by atoms with E-state index in [-0.39, 0.29) is 6.10 Å². The normalized spacial score (nSPS) is 11.4. The Balaban J connectivity index is 2.08.